The molecule has 0 atom stereocenters. The molecule has 0 aliphatic carbocycles. The Morgan fingerprint density at radius 2 is 2.43 bits per heavy atom. The molecule has 1 aromatic heterocycles. The third-order valence-electron chi connectivity index (χ3n) is 1.50. The fourth-order valence-electron chi connectivity index (χ4n) is 0.806. The molecule has 0 amide bonds. The van der Waals surface area contributed by atoms with Gasteiger partial charge in [-0.1, -0.05) is 0 Å². The van der Waals surface area contributed by atoms with Gasteiger partial charge in [0.05, 0.1) is 12.8 Å². The summed E-state index contributed by atoms with van der Waals surface area (Å²) in [5, 5.41) is 0. The number of nitrogens with two attached hydrogens (primary N) is 1. The van der Waals surface area contributed by atoms with Gasteiger partial charge in [-0.2, -0.15) is 4.39 Å². The number of carbonyl (C=O) groups excluding carboxylic acids is 1. The Kier molecular flexibility index (Phi) is 3.17. The Hall–Kier alpha value is -1.91. The average Bonchev–Trinajstić information content (AvgIpc) is 2.19. The van der Waals surface area contributed by atoms with Gasteiger partial charge in [0.2, 0.25) is 5.95 Å². The SMILES string of the molecule is COC(=O)C=Cc1cnc(F)c(N)c1. The van der Waals surface area contributed by atoms with Gasteiger partial charge in [0.25, 0.3) is 0 Å². The van der Waals surface area contributed by atoms with E-state index in [1.165, 1.54) is 31.5 Å². The van der Waals surface area contributed by atoms with Crippen molar-refractivity contribution in [3.63, 3.8) is 0 Å². The molecule has 0 saturated carbocycles. The maximum absolute atomic E-state index is 12.6. The summed E-state index contributed by atoms with van der Waals surface area (Å²) < 4.78 is 17.0. The van der Waals surface area contributed by atoms with Crippen LogP contribution in [0.25, 0.3) is 6.08 Å². The number of halogens is 1. The lowest BCUT2D eigenvalue weighted by molar-refractivity contribution is -0.134. The molecule has 0 bridgehead atoms. The molecule has 1 aromatic rings. The Balaban J connectivity index is 2.83. The number of anilines is 1. The molecule has 0 fully saturated rings. The van der Waals surface area contributed by atoms with E-state index >= 15 is 0 Å². The van der Waals surface area contributed by atoms with Gasteiger partial charge in [-0.3, -0.25) is 0 Å². The zero-order valence-electron chi connectivity index (χ0n) is 7.53. The predicted octanol–water partition coefficient (Wildman–Crippen LogP) is 0.989. The summed E-state index contributed by atoms with van der Waals surface area (Å²) in [4.78, 5) is 14.1. The normalized spacial score (nSPS) is 10.4. The minimum atomic E-state index is -0.722. The number of pyridine rings is 1. The van der Waals surface area contributed by atoms with Crippen LogP contribution in [0.1, 0.15) is 5.56 Å². The summed E-state index contributed by atoms with van der Waals surface area (Å²) in [5.74, 6) is -1.21. The number of ether oxygens (including phenoxy) is 1. The highest BCUT2D eigenvalue weighted by Crippen LogP contribution is 2.10. The number of carbonyl (C=O) groups is 1. The van der Waals surface area contributed by atoms with E-state index in [9.17, 15) is 9.18 Å². The van der Waals surface area contributed by atoms with Crippen molar-refractivity contribution in [3.8, 4) is 0 Å². The number of hydrogen-bond donors (Lipinski definition) is 1. The number of hydrogen-bond acceptors (Lipinski definition) is 4. The molecule has 0 unspecified atom stereocenters. The molecular weight excluding hydrogens is 187 g/mol. The lowest BCUT2D eigenvalue weighted by atomic mass is 10.2. The number of nitrogens with zero attached hydrogens (tertiary/aromatic N) is 1. The molecule has 0 spiro atoms. The van der Waals surface area contributed by atoms with Gasteiger partial charge in [-0.15, -0.1) is 0 Å². The molecule has 14 heavy (non-hydrogen) atoms. The van der Waals surface area contributed by atoms with Gasteiger partial charge in [0.15, 0.2) is 0 Å². The highest BCUT2D eigenvalue weighted by Gasteiger charge is 1.99. The summed E-state index contributed by atoms with van der Waals surface area (Å²) in [6.45, 7) is 0. The van der Waals surface area contributed by atoms with Crippen LogP contribution >= 0.6 is 0 Å². The number of esters is 1. The Labute approximate surface area is 80.2 Å². The lowest BCUT2D eigenvalue weighted by Gasteiger charge is -1.96. The van der Waals surface area contributed by atoms with Gasteiger partial charge < -0.3 is 10.5 Å². The largest absolute Gasteiger partial charge is 0.466 e. The van der Waals surface area contributed by atoms with E-state index < -0.39 is 11.9 Å². The molecule has 0 aliphatic rings. The fraction of sp³-hybridized carbons (Fsp3) is 0.111. The van der Waals surface area contributed by atoms with E-state index in [2.05, 4.69) is 9.72 Å². The fourth-order valence-corrected chi connectivity index (χ4v) is 0.806. The van der Waals surface area contributed by atoms with Crippen LogP contribution in [0.15, 0.2) is 18.3 Å². The lowest BCUT2D eigenvalue weighted by Crippen LogP contribution is -1.95. The first-order chi connectivity index (χ1) is 6.63. The quantitative estimate of drug-likeness (QED) is 0.435. The van der Waals surface area contributed by atoms with Gasteiger partial charge in [0.1, 0.15) is 0 Å². The van der Waals surface area contributed by atoms with E-state index in [1.54, 1.807) is 0 Å². The van der Waals surface area contributed by atoms with Crippen LogP contribution < -0.4 is 5.73 Å². The van der Waals surface area contributed by atoms with Crippen molar-refractivity contribution in [2.75, 3.05) is 12.8 Å². The van der Waals surface area contributed by atoms with Gasteiger partial charge >= 0.3 is 5.97 Å². The minimum Gasteiger partial charge on any atom is -0.466 e. The van der Waals surface area contributed by atoms with Crippen LogP contribution in [0.4, 0.5) is 10.1 Å². The molecule has 74 valence electrons. The van der Waals surface area contributed by atoms with Crippen LogP contribution in [-0.4, -0.2) is 18.1 Å². The molecule has 0 aromatic carbocycles. The number of aromatic nitrogens is 1. The van der Waals surface area contributed by atoms with E-state index in [4.69, 9.17) is 5.73 Å². The van der Waals surface area contributed by atoms with E-state index in [0.29, 0.717) is 5.56 Å². The van der Waals surface area contributed by atoms with Crippen LogP contribution in [0, 0.1) is 5.95 Å². The van der Waals surface area contributed by atoms with E-state index in [-0.39, 0.29) is 5.69 Å². The second-order valence-corrected chi connectivity index (χ2v) is 2.51. The second kappa shape index (κ2) is 4.36. The summed E-state index contributed by atoms with van der Waals surface area (Å²) in [6.07, 6.45) is 3.91. The maximum atomic E-state index is 12.6. The van der Waals surface area contributed by atoms with Gasteiger partial charge in [-0.05, 0) is 17.7 Å². The smallest absolute Gasteiger partial charge is 0.330 e. The number of methoxy groups -OCH3 is 1. The first-order valence-electron chi connectivity index (χ1n) is 3.80. The highest BCUT2D eigenvalue weighted by atomic mass is 19.1. The predicted molar refractivity (Wildman–Crippen MR) is 49.7 cm³/mol. The van der Waals surface area contributed by atoms with Crippen molar-refractivity contribution in [1.82, 2.24) is 4.98 Å². The van der Waals surface area contributed by atoms with E-state index in [0.717, 1.165) is 0 Å². The summed E-state index contributed by atoms with van der Waals surface area (Å²) in [6, 6.07) is 1.38. The first kappa shape index (κ1) is 10.2. The Bertz CT molecular complexity index is 377. The maximum Gasteiger partial charge on any atom is 0.330 e. The highest BCUT2D eigenvalue weighted by molar-refractivity contribution is 5.86. The standard InChI is InChI=1S/C9H9FN2O2/c1-14-8(13)3-2-6-4-7(11)9(10)12-5-6/h2-5H,11H2,1H3. The molecular formula is C9H9FN2O2. The second-order valence-electron chi connectivity index (χ2n) is 2.51. The number of nitrogen functional groups attached to an aromatic ring is 1. The third-order valence-corrected chi connectivity index (χ3v) is 1.50. The van der Waals surface area contributed by atoms with Crippen LogP contribution in [0.5, 0.6) is 0 Å². The molecule has 1 rings (SSSR count). The van der Waals surface area contributed by atoms with Crippen LogP contribution in [-0.2, 0) is 9.53 Å². The molecule has 5 heteroatoms. The molecule has 4 nitrogen and oxygen atoms in total. The average molecular weight is 196 g/mol. The summed E-state index contributed by atoms with van der Waals surface area (Å²) in [7, 11) is 1.27. The molecule has 1 heterocycles. The van der Waals surface area contributed by atoms with E-state index in [1.807, 2.05) is 0 Å². The van der Waals surface area contributed by atoms with Gasteiger partial charge in [-0.25, -0.2) is 9.78 Å². The van der Waals surface area contributed by atoms with Crippen molar-refractivity contribution >= 4 is 17.7 Å². The molecule has 2 N–H and O–H groups in total. The van der Waals surface area contributed by atoms with Crippen LogP contribution in [0.2, 0.25) is 0 Å². The van der Waals surface area contributed by atoms with Crippen molar-refractivity contribution in [3.05, 3.63) is 29.9 Å². The molecule has 0 radical (unpaired) electrons. The van der Waals surface area contributed by atoms with Crippen molar-refractivity contribution in [1.29, 1.82) is 0 Å². The first-order valence-corrected chi connectivity index (χ1v) is 3.80. The Morgan fingerprint density at radius 3 is 3.00 bits per heavy atom. The van der Waals surface area contributed by atoms with Crippen molar-refractivity contribution in [2.45, 2.75) is 0 Å². The summed E-state index contributed by atoms with van der Waals surface area (Å²) in [5.41, 5.74) is 5.75. The summed E-state index contributed by atoms with van der Waals surface area (Å²) >= 11 is 0. The zero-order valence-corrected chi connectivity index (χ0v) is 7.53. The topological polar surface area (TPSA) is 65.2 Å². The van der Waals surface area contributed by atoms with Crippen molar-refractivity contribution < 1.29 is 13.9 Å². The third kappa shape index (κ3) is 2.55. The zero-order chi connectivity index (χ0) is 10.6. The molecule has 0 aliphatic heterocycles. The van der Waals surface area contributed by atoms with Crippen molar-refractivity contribution in [2.24, 2.45) is 0 Å². The Morgan fingerprint density at radius 1 is 1.71 bits per heavy atom. The number of rotatable bonds is 2. The molecule has 0 saturated heterocycles. The van der Waals surface area contributed by atoms with Crippen LogP contribution in [0.3, 0.4) is 0 Å². The minimum absolute atomic E-state index is 0.0583. The van der Waals surface area contributed by atoms with Gasteiger partial charge in [0, 0.05) is 12.3 Å². The monoisotopic (exact) mass is 196 g/mol.